The molecule has 1 aliphatic carbocycles. The third-order valence-electron chi connectivity index (χ3n) is 8.61. The minimum absolute atomic E-state index is 0.0999. The van der Waals surface area contributed by atoms with Gasteiger partial charge >= 0.3 is 0 Å². The van der Waals surface area contributed by atoms with Gasteiger partial charge in [-0.05, 0) is 69.7 Å². The number of ether oxygens (including phenoxy) is 1. The fraction of sp³-hybridized carbons (Fsp3) is 0.621. The summed E-state index contributed by atoms with van der Waals surface area (Å²) in [6, 6.07) is 8.85. The molecule has 13 heteroatoms. The lowest BCUT2D eigenvalue weighted by Gasteiger charge is -2.30. The molecule has 3 fully saturated rings. The largest absolute Gasteiger partial charge is 0.378 e. The molecular weight excluding hydrogens is 564 g/mol. The van der Waals surface area contributed by atoms with Crippen LogP contribution in [0.25, 0.3) is 16.9 Å². The average molecular weight is 604 g/mol. The van der Waals surface area contributed by atoms with Crippen molar-refractivity contribution in [2.75, 3.05) is 67.7 Å². The van der Waals surface area contributed by atoms with Gasteiger partial charge in [0.1, 0.15) is 11.6 Å². The molecule has 0 amide bonds. The maximum absolute atomic E-state index is 14.1. The fourth-order valence-corrected chi connectivity index (χ4v) is 8.10. The Morgan fingerprint density at radius 3 is 2.45 bits per heavy atom. The Balaban J connectivity index is 1.18. The Morgan fingerprint density at radius 1 is 0.976 bits per heavy atom. The number of halogens is 2. The molecule has 0 spiro atoms. The molecule has 1 N–H and O–H groups in total. The number of nitrogens with zero attached hydrogens (tertiary/aromatic N) is 6. The van der Waals surface area contributed by atoms with Crippen LogP contribution in [-0.4, -0.2) is 96.3 Å². The highest BCUT2D eigenvalue weighted by Gasteiger charge is 2.28. The molecular formula is C29H39F2N7O3S. The van der Waals surface area contributed by atoms with E-state index < -0.39 is 16.3 Å². The van der Waals surface area contributed by atoms with Crippen LogP contribution in [0.3, 0.4) is 0 Å². The third kappa shape index (κ3) is 6.84. The van der Waals surface area contributed by atoms with E-state index in [4.69, 9.17) is 14.7 Å². The quantitative estimate of drug-likeness (QED) is 0.367. The molecule has 228 valence electrons. The van der Waals surface area contributed by atoms with Gasteiger partial charge in [-0.3, -0.25) is 4.57 Å². The second kappa shape index (κ2) is 12.8. The first-order chi connectivity index (χ1) is 20.3. The number of alkyl halides is 2. The number of hydrogen-bond acceptors (Lipinski definition) is 9. The molecule has 3 aliphatic rings. The first-order valence-corrected chi connectivity index (χ1v) is 16.8. The molecule has 6 rings (SSSR count). The first kappa shape index (κ1) is 29.2. The summed E-state index contributed by atoms with van der Waals surface area (Å²) in [5.41, 5.74) is 1.03. The van der Waals surface area contributed by atoms with Crippen LogP contribution in [0.15, 0.2) is 30.3 Å². The summed E-state index contributed by atoms with van der Waals surface area (Å²) in [5, 5.41) is 3.52. The zero-order valence-corrected chi connectivity index (χ0v) is 24.6. The minimum atomic E-state index is -3.09. The predicted octanol–water partition coefficient (Wildman–Crippen LogP) is 4.07. The Hall–Kier alpha value is -2.90. The lowest BCUT2D eigenvalue weighted by Crippen LogP contribution is -2.38. The Kier molecular flexibility index (Phi) is 8.87. The number of anilines is 2. The summed E-state index contributed by atoms with van der Waals surface area (Å²) in [6.07, 6.45) is 2.80. The molecule has 42 heavy (non-hydrogen) atoms. The van der Waals surface area contributed by atoms with Crippen LogP contribution in [0, 0.1) is 5.92 Å². The van der Waals surface area contributed by atoms with Crippen LogP contribution in [0.4, 0.5) is 20.5 Å². The molecule has 1 aromatic carbocycles. The van der Waals surface area contributed by atoms with Gasteiger partial charge < -0.3 is 19.9 Å². The van der Waals surface area contributed by atoms with E-state index in [-0.39, 0.29) is 29.3 Å². The number of benzene rings is 1. The second-order valence-electron chi connectivity index (χ2n) is 11.6. The summed E-state index contributed by atoms with van der Waals surface area (Å²) < 4.78 is 60.8. The van der Waals surface area contributed by atoms with Gasteiger partial charge in [-0.15, -0.1) is 0 Å². The third-order valence-corrected chi connectivity index (χ3v) is 10.4. The summed E-state index contributed by atoms with van der Waals surface area (Å²) >= 11 is 0. The highest BCUT2D eigenvalue weighted by Crippen LogP contribution is 2.31. The number of rotatable bonds is 10. The van der Waals surface area contributed by atoms with Gasteiger partial charge in [0.15, 0.2) is 15.7 Å². The highest BCUT2D eigenvalue weighted by molar-refractivity contribution is 7.91. The van der Waals surface area contributed by atoms with Crippen molar-refractivity contribution in [2.24, 2.45) is 5.92 Å². The van der Waals surface area contributed by atoms with Crippen LogP contribution in [-0.2, 0) is 14.6 Å². The van der Waals surface area contributed by atoms with Crippen molar-refractivity contribution >= 4 is 32.6 Å². The number of hydrogen-bond donors (Lipinski definition) is 1. The normalized spacial score (nSPS) is 22.3. The van der Waals surface area contributed by atoms with E-state index in [1.165, 1.54) is 4.57 Å². The van der Waals surface area contributed by atoms with Gasteiger partial charge in [0.2, 0.25) is 5.95 Å². The fourth-order valence-electron chi connectivity index (χ4n) is 6.35. The standard InChI is InChI=1S/C29H39F2N7O3S/c30-27(31)28-33-23-5-1-2-6-24(23)38(28)26-19-25(34-29(35-26)37-13-16-41-17-14-37)32-22-9-7-21(8-10-22)20-42(39,40)18-15-36-11-3-4-12-36/h1-2,5-6,19,21-22,27H,3-4,7-18,20H2,(H,32,34,35). The van der Waals surface area contributed by atoms with Gasteiger partial charge in [-0.2, -0.15) is 9.97 Å². The van der Waals surface area contributed by atoms with Gasteiger partial charge in [0.05, 0.1) is 35.8 Å². The number of para-hydroxylation sites is 2. The smallest absolute Gasteiger partial charge is 0.296 e. The van der Waals surface area contributed by atoms with Crippen LogP contribution >= 0.6 is 0 Å². The minimum Gasteiger partial charge on any atom is -0.378 e. The number of aromatic nitrogens is 4. The van der Waals surface area contributed by atoms with E-state index in [1.54, 1.807) is 30.3 Å². The summed E-state index contributed by atoms with van der Waals surface area (Å²) in [4.78, 5) is 18.0. The van der Waals surface area contributed by atoms with E-state index in [0.717, 1.165) is 51.6 Å². The topological polar surface area (TPSA) is 105 Å². The number of morpholine rings is 1. The summed E-state index contributed by atoms with van der Waals surface area (Å²) in [5.74, 6) is 1.62. The van der Waals surface area contributed by atoms with Crippen molar-refractivity contribution in [3.63, 3.8) is 0 Å². The molecule has 4 heterocycles. The van der Waals surface area contributed by atoms with Crippen molar-refractivity contribution < 1.29 is 21.9 Å². The van der Waals surface area contributed by atoms with Crippen molar-refractivity contribution in [1.82, 2.24) is 24.4 Å². The summed E-state index contributed by atoms with van der Waals surface area (Å²) in [7, 11) is -3.09. The van der Waals surface area contributed by atoms with Crippen molar-refractivity contribution in [3.8, 4) is 5.82 Å². The Bertz CT molecular complexity index is 1470. The molecule has 2 aromatic heterocycles. The van der Waals surface area contributed by atoms with Crippen LogP contribution in [0.1, 0.15) is 50.8 Å². The van der Waals surface area contributed by atoms with Crippen LogP contribution < -0.4 is 10.2 Å². The zero-order chi connectivity index (χ0) is 29.1. The maximum atomic E-state index is 14.1. The van der Waals surface area contributed by atoms with Crippen molar-refractivity contribution in [3.05, 3.63) is 36.2 Å². The molecule has 10 nitrogen and oxygen atoms in total. The summed E-state index contributed by atoms with van der Waals surface area (Å²) in [6.45, 7) is 4.93. The highest BCUT2D eigenvalue weighted by atomic mass is 32.2. The molecule has 0 radical (unpaired) electrons. The van der Waals surface area contributed by atoms with Gasteiger partial charge in [0.25, 0.3) is 6.43 Å². The number of fused-ring (bicyclic) bond motifs is 1. The van der Waals surface area contributed by atoms with E-state index in [0.29, 0.717) is 61.5 Å². The predicted molar refractivity (Wildman–Crippen MR) is 158 cm³/mol. The van der Waals surface area contributed by atoms with Gasteiger partial charge in [0, 0.05) is 31.7 Å². The first-order valence-electron chi connectivity index (χ1n) is 15.0. The molecule has 0 atom stereocenters. The molecule has 0 unspecified atom stereocenters. The van der Waals surface area contributed by atoms with Crippen molar-refractivity contribution in [1.29, 1.82) is 0 Å². The molecule has 3 aromatic rings. The van der Waals surface area contributed by atoms with E-state index in [2.05, 4.69) is 15.2 Å². The SMILES string of the molecule is O=S(=O)(CCN1CCCC1)CC1CCC(Nc2cc(-n3c(C(F)F)nc4ccccc43)nc(N3CCOCC3)n2)CC1. The number of nitrogens with one attached hydrogen (secondary N) is 1. The zero-order valence-electron chi connectivity index (χ0n) is 23.8. The maximum Gasteiger partial charge on any atom is 0.296 e. The number of likely N-dealkylation sites (tertiary alicyclic amines) is 1. The van der Waals surface area contributed by atoms with Crippen LogP contribution in [0.2, 0.25) is 0 Å². The van der Waals surface area contributed by atoms with E-state index >= 15 is 0 Å². The van der Waals surface area contributed by atoms with Gasteiger partial charge in [-0.1, -0.05) is 12.1 Å². The molecule has 2 saturated heterocycles. The lowest BCUT2D eigenvalue weighted by atomic mass is 9.87. The molecule has 1 saturated carbocycles. The number of imidazole rings is 1. The average Bonchev–Trinajstić information content (AvgIpc) is 3.66. The van der Waals surface area contributed by atoms with Crippen LogP contribution in [0.5, 0.6) is 0 Å². The van der Waals surface area contributed by atoms with Crippen molar-refractivity contribution in [2.45, 2.75) is 51.0 Å². The van der Waals surface area contributed by atoms with E-state index in [9.17, 15) is 17.2 Å². The Labute approximate surface area is 245 Å². The van der Waals surface area contributed by atoms with E-state index in [1.807, 2.05) is 4.90 Å². The van der Waals surface area contributed by atoms with Gasteiger partial charge in [-0.25, -0.2) is 22.2 Å². The molecule has 0 bridgehead atoms. The molecule has 2 aliphatic heterocycles. The monoisotopic (exact) mass is 603 g/mol. The Morgan fingerprint density at radius 2 is 1.71 bits per heavy atom. The number of sulfone groups is 1. The second-order valence-corrected chi connectivity index (χ2v) is 13.9. The lowest BCUT2D eigenvalue weighted by molar-refractivity contribution is 0.122.